The molecule has 0 spiro atoms. The third-order valence-electron chi connectivity index (χ3n) is 8.52. The second kappa shape index (κ2) is 11.5. The first-order valence-corrected chi connectivity index (χ1v) is 17.3. The Balaban J connectivity index is 2.27. The molecule has 0 saturated carbocycles. The van der Waals surface area contributed by atoms with E-state index in [9.17, 15) is 14.7 Å². The smallest absolute Gasteiger partial charge is 0.189 e. The lowest BCUT2D eigenvalue weighted by Gasteiger charge is -2.31. The van der Waals surface area contributed by atoms with Gasteiger partial charge in [0.05, 0.1) is 0 Å². The van der Waals surface area contributed by atoms with Crippen molar-refractivity contribution in [3.63, 3.8) is 0 Å². The van der Waals surface area contributed by atoms with Crippen LogP contribution in [0.5, 0.6) is 0 Å². The minimum Gasteiger partial charge on any atom is -0.189 e. The van der Waals surface area contributed by atoms with Crippen molar-refractivity contribution in [2.75, 3.05) is 0 Å². The Morgan fingerprint density at radius 1 is 0.432 bits per heavy atom. The van der Waals surface area contributed by atoms with Gasteiger partial charge in [-0.05, 0) is 78.3 Å². The van der Waals surface area contributed by atoms with Crippen LogP contribution in [0.2, 0.25) is 0 Å². The molecule has 0 fully saturated rings. The summed E-state index contributed by atoms with van der Waals surface area (Å²) >= 11 is 0. The van der Waals surface area contributed by atoms with Crippen molar-refractivity contribution in [3.8, 4) is 33.4 Å². The highest BCUT2D eigenvalue weighted by molar-refractivity contribution is 7.67. The monoisotopic (exact) mass is 611 g/mol. The Hall–Kier alpha value is -2.81. The summed E-state index contributed by atoms with van der Waals surface area (Å²) in [4.78, 5) is 32.9. The molecule has 4 heteroatoms. The molecule has 0 bridgehead atoms. The summed E-state index contributed by atoms with van der Waals surface area (Å²) in [5.41, 5.74) is 9.77. The zero-order chi connectivity index (χ0) is 33.0. The minimum atomic E-state index is -4.42. The first-order chi connectivity index (χ1) is 20.0. The van der Waals surface area contributed by atoms with Crippen LogP contribution in [-0.4, -0.2) is 14.7 Å². The van der Waals surface area contributed by atoms with Crippen LogP contribution in [0.3, 0.4) is 0 Å². The van der Waals surface area contributed by atoms with E-state index in [0.29, 0.717) is 5.56 Å². The van der Waals surface area contributed by atoms with E-state index in [1.165, 1.54) is 16.7 Å². The predicted molar refractivity (Wildman–Crippen MR) is 191 cm³/mol. The summed E-state index contributed by atoms with van der Waals surface area (Å²) in [5, 5.41) is 0.165. The molecule has 0 aliphatic rings. The Labute approximate surface area is 266 Å². The summed E-state index contributed by atoms with van der Waals surface area (Å²) in [6, 6.07) is 27.1. The van der Waals surface area contributed by atoms with E-state index >= 15 is 0 Å². The Morgan fingerprint density at radius 3 is 1.30 bits per heavy atom. The van der Waals surface area contributed by atoms with Crippen LogP contribution < -0.4 is 5.30 Å². The molecule has 0 aromatic heterocycles. The average Bonchev–Trinajstić information content (AvgIpc) is 2.89. The lowest BCUT2D eigenvalue weighted by atomic mass is 9.74. The topological polar surface area (TPSA) is 60.7 Å². The highest BCUT2D eigenvalue weighted by atomic mass is 31.2. The van der Waals surface area contributed by atoms with Crippen LogP contribution in [0.4, 0.5) is 0 Å². The molecular weight excluding hydrogens is 559 g/mol. The van der Waals surface area contributed by atoms with E-state index < -0.39 is 7.94 Å². The summed E-state index contributed by atoms with van der Waals surface area (Å²) in [6.45, 7) is 26.6. The van der Waals surface area contributed by atoms with Crippen LogP contribution >= 0.6 is 7.94 Å². The summed E-state index contributed by atoms with van der Waals surface area (Å²) in [6.07, 6.45) is 0. The Kier molecular flexibility index (Phi) is 8.92. The lowest BCUT2D eigenvalue weighted by molar-refractivity contribution is 0.347. The van der Waals surface area contributed by atoms with E-state index in [4.69, 9.17) is 0 Å². The van der Waals surface area contributed by atoms with E-state index in [0.717, 1.165) is 33.4 Å². The molecule has 0 radical (unpaired) electrons. The molecule has 0 unspecified atom stereocenters. The van der Waals surface area contributed by atoms with Gasteiger partial charge in [-0.1, -0.05) is 150 Å². The molecule has 4 rings (SSSR count). The van der Waals surface area contributed by atoms with Crippen LogP contribution in [0.25, 0.3) is 33.4 Å². The molecular formula is C40H52O3P+. The van der Waals surface area contributed by atoms with Crippen LogP contribution in [0.1, 0.15) is 105 Å². The maximum absolute atomic E-state index is 11.0. The molecule has 0 saturated heterocycles. The first-order valence-electron chi connectivity index (χ1n) is 15.6. The van der Waals surface area contributed by atoms with Gasteiger partial charge in [-0.2, -0.15) is 14.7 Å². The average molecular weight is 612 g/mol. The van der Waals surface area contributed by atoms with Gasteiger partial charge in [0.1, 0.15) is 0 Å². The van der Waals surface area contributed by atoms with Gasteiger partial charge in [-0.25, -0.2) is 0 Å². The van der Waals surface area contributed by atoms with Crippen molar-refractivity contribution in [2.45, 2.75) is 105 Å². The zero-order valence-corrected chi connectivity index (χ0v) is 29.7. The summed E-state index contributed by atoms with van der Waals surface area (Å²) < 4.78 is 0. The standard InChI is InChI=1S/C40H52O3P/c1-37(2,3)27-18-20-29(32(24-27)39(7,8)9)30-22-23-34(44(41,42)43)36(35(30)26-16-14-13-15-17-26)31-21-19-28(38(4,5)6)25-33(31)40(10,11)12/h13-25,41-43H,1-12H3/q+1. The maximum Gasteiger partial charge on any atom is 0.441 e. The number of hydrogen-bond acceptors (Lipinski definition) is 3. The quantitative estimate of drug-likeness (QED) is 0.201. The minimum absolute atomic E-state index is 0.0129. The van der Waals surface area contributed by atoms with Crippen molar-refractivity contribution < 1.29 is 14.7 Å². The second-order valence-electron chi connectivity index (χ2n) is 16.3. The Bertz CT molecular complexity index is 1650. The summed E-state index contributed by atoms with van der Waals surface area (Å²) in [5.74, 6) is 0. The predicted octanol–water partition coefficient (Wildman–Crippen LogP) is 10.2. The SMILES string of the molecule is CC(C)(C)c1ccc(-c2ccc([P+](O)(O)O)c(-c3ccc(C(C)(C)C)cc3C(C)(C)C)c2-c2ccccc2)c(C(C)(C)C)c1. The third kappa shape index (κ3) is 7.03. The molecule has 4 aromatic carbocycles. The fourth-order valence-corrected chi connectivity index (χ4v) is 6.77. The molecule has 4 aromatic rings. The van der Waals surface area contributed by atoms with E-state index in [1.54, 1.807) is 6.07 Å². The fourth-order valence-electron chi connectivity index (χ4n) is 5.96. The molecule has 3 nitrogen and oxygen atoms in total. The Morgan fingerprint density at radius 2 is 0.864 bits per heavy atom. The van der Waals surface area contributed by atoms with Gasteiger partial charge in [-0.15, -0.1) is 0 Å². The van der Waals surface area contributed by atoms with Crippen molar-refractivity contribution in [1.82, 2.24) is 0 Å². The van der Waals surface area contributed by atoms with Gasteiger partial charge in [0, 0.05) is 11.1 Å². The maximum atomic E-state index is 11.0. The van der Waals surface area contributed by atoms with Gasteiger partial charge in [0.25, 0.3) is 0 Å². The molecule has 0 amide bonds. The molecule has 0 heterocycles. The highest BCUT2D eigenvalue weighted by Gasteiger charge is 2.41. The number of benzene rings is 4. The van der Waals surface area contributed by atoms with Crippen molar-refractivity contribution >= 4 is 13.2 Å². The second-order valence-corrected chi connectivity index (χ2v) is 18.0. The van der Waals surface area contributed by atoms with Crippen molar-refractivity contribution in [3.05, 3.63) is 101 Å². The normalized spacial score (nSPS) is 13.3. The van der Waals surface area contributed by atoms with Gasteiger partial charge in [0.2, 0.25) is 0 Å². The number of rotatable bonds is 4. The van der Waals surface area contributed by atoms with Gasteiger partial charge in [0.15, 0.2) is 5.30 Å². The van der Waals surface area contributed by atoms with Gasteiger partial charge >= 0.3 is 7.94 Å². The van der Waals surface area contributed by atoms with E-state index in [2.05, 4.69) is 132 Å². The molecule has 234 valence electrons. The van der Waals surface area contributed by atoms with Crippen LogP contribution in [-0.2, 0) is 21.7 Å². The zero-order valence-electron chi connectivity index (χ0n) is 28.8. The number of hydrogen-bond donors (Lipinski definition) is 3. The first kappa shape index (κ1) is 34.1. The third-order valence-corrected chi connectivity index (χ3v) is 9.53. The largest absolute Gasteiger partial charge is 0.441 e. The molecule has 0 atom stereocenters. The summed E-state index contributed by atoms with van der Waals surface area (Å²) in [7, 11) is -4.42. The van der Waals surface area contributed by atoms with Gasteiger partial charge < -0.3 is 0 Å². The van der Waals surface area contributed by atoms with Crippen molar-refractivity contribution in [1.29, 1.82) is 0 Å². The molecule has 0 aliphatic heterocycles. The van der Waals surface area contributed by atoms with E-state index in [-0.39, 0.29) is 27.0 Å². The fraction of sp³-hybridized carbons (Fsp3) is 0.400. The van der Waals surface area contributed by atoms with E-state index in [1.807, 2.05) is 24.3 Å². The molecule has 44 heavy (non-hydrogen) atoms. The van der Waals surface area contributed by atoms with Crippen LogP contribution in [0, 0.1) is 0 Å². The molecule has 3 N–H and O–H groups in total. The molecule has 0 aliphatic carbocycles. The van der Waals surface area contributed by atoms with Gasteiger partial charge in [-0.3, -0.25) is 0 Å². The highest BCUT2D eigenvalue weighted by Crippen LogP contribution is 2.53. The van der Waals surface area contributed by atoms with Crippen molar-refractivity contribution in [2.24, 2.45) is 0 Å². The lowest BCUT2D eigenvalue weighted by Crippen LogP contribution is -2.21. The van der Waals surface area contributed by atoms with Crippen LogP contribution in [0.15, 0.2) is 78.9 Å².